The molecule has 2 amide bonds. The summed E-state index contributed by atoms with van der Waals surface area (Å²) in [7, 11) is 0. The number of amides is 2. The van der Waals surface area contributed by atoms with Crippen molar-refractivity contribution in [1.82, 2.24) is 10.2 Å². The molecule has 0 unspecified atom stereocenters. The van der Waals surface area contributed by atoms with Gasteiger partial charge in [0.2, 0.25) is 5.91 Å². The van der Waals surface area contributed by atoms with Crippen molar-refractivity contribution in [2.24, 2.45) is 0 Å². The number of carbonyl (C=O) groups excluding carboxylic acids is 2. The number of hydrogen-bond acceptors (Lipinski definition) is 3. The van der Waals surface area contributed by atoms with Crippen molar-refractivity contribution in [3.63, 3.8) is 0 Å². The molecule has 0 aliphatic carbocycles. The third-order valence-corrected chi connectivity index (χ3v) is 5.29. The van der Waals surface area contributed by atoms with E-state index in [1.165, 1.54) is 0 Å². The van der Waals surface area contributed by atoms with E-state index in [-0.39, 0.29) is 18.4 Å². The average Bonchev–Trinajstić information content (AvgIpc) is 2.69. The van der Waals surface area contributed by atoms with Crippen molar-refractivity contribution >= 4 is 11.8 Å². The van der Waals surface area contributed by atoms with Crippen LogP contribution in [0.4, 0.5) is 0 Å². The lowest BCUT2D eigenvalue weighted by Crippen LogP contribution is -2.50. The van der Waals surface area contributed by atoms with Crippen LogP contribution in [0.1, 0.15) is 48.1 Å². The Morgan fingerprint density at radius 2 is 1.77 bits per heavy atom. The standard InChI is InChI=1S/C25H34N2O3/c1-7-22(25(29)26-8-2)27(15-21-11-9-10-17(3)13-21)24(28)16-30-23-14-18(4)12-19(5)20(23)6/h9-14,22H,7-8,15-16H2,1-6H3,(H,26,29)/t22-/m1/s1. The second kappa shape index (κ2) is 10.8. The first-order chi connectivity index (χ1) is 14.3. The Balaban J connectivity index is 2.26. The van der Waals surface area contributed by atoms with Crippen LogP contribution >= 0.6 is 0 Å². The smallest absolute Gasteiger partial charge is 0.261 e. The topological polar surface area (TPSA) is 58.6 Å². The summed E-state index contributed by atoms with van der Waals surface area (Å²) in [4.78, 5) is 27.5. The molecule has 0 saturated heterocycles. The Morgan fingerprint density at radius 1 is 1.03 bits per heavy atom. The largest absolute Gasteiger partial charge is 0.483 e. The summed E-state index contributed by atoms with van der Waals surface area (Å²) in [6.07, 6.45) is 0.534. The third kappa shape index (κ3) is 6.09. The summed E-state index contributed by atoms with van der Waals surface area (Å²) in [6.45, 7) is 12.6. The number of rotatable bonds is 9. The molecule has 0 fully saturated rings. The monoisotopic (exact) mass is 410 g/mol. The summed E-state index contributed by atoms with van der Waals surface area (Å²) < 4.78 is 5.91. The van der Waals surface area contributed by atoms with Gasteiger partial charge >= 0.3 is 0 Å². The van der Waals surface area contributed by atoms with Gasteiger partial charge in [-0.05, 0) is 69.4 Å². The van der Waals surface area contributed by atoms with Gasteiger partial charge in [0.05, 0.1) is 0 Å². The van der Waals surface area contributed by atoms with Gasteiger partial charge in [0.25, 0.3) is 5.91 Å². The van der Waals surface area contributed by atoms with Crippen molar-refractivity contribution in [3.8, 4) is 5.75 Å². The first kappa shape index (κ1) is 23.5. The molecule has 0 radical (unpaired) electrons. The molecule has 5 heteroatoms. The Labute approximate surface area is 180 Å². The predicted molar refractivity (Wildman–Crippen MR) is 121 cm³/mol. The lowest BCUT2D eigenvalue weighted by Gasteiger charge is -2.30. The van der Waals surface area contributed by atoms with Crippen LogP contribution in [-0.2, 0) is 16.1 Å². The minimum Gasteiger partial charge on any atom is -0.483 e. The molecule has 0 aliphatic rings. The van der Waals surface area contributed by atoms with Gasteiger partial charge in [0, 0.05) is 13.1 Å². The molecular formula is C25H34N2O3. The number of likely N-dealkylation sites (N-methyl/N-ethyl adjacent to an activating group) is 1. The van der Waals surface area contributed by atoms with Crippen LogP contribution in [-0.4, -0.2) is 35.9 Å². The molecule has 2 aromatic carbocycles. The molecule has 30 heavy (non-hydrogen) atoms. The highest BCUT2D eigenvalue weighted by atomic mass is 16.5. The molecule has 0 bridgehead atoms. The maximum Gasteiger partial charge on any atom is 0.261 e. The van der Waals surface area contributed by atoms with Gasteiger partial charge < -0.3 is 15.0 Å². The van der Waals surface area contributed by atoms with Gasteiger partial charge in [-0.3, -0.25) is 9.59 Å². The molecule has 5 nitrogen and oxygen atoms in total. The van der Waals surface area contributed by atoms with E-state index in [2.05, 4.69) is 11.4 Å². The second-order valence-corrected chi connectivity index (χ2v) is 7.82. The summed E-state index contributed by atoms with van der Waals surface area (Å²) in [5.41, 5.74) is 5.35. The number of nitrogens with zero attached hydrogens (tertiary/aromatic N) is 1. The van der Waals surface area contributed by atoms with E-state index in [9.17, 15) is 9.59 Å². The highest BCUT2D eigenvalue weighted by Crippen LogP contribution is 2.23. The molecule has 2 aromatic rings. The molecule has 0 aliphatic heterocycles. The van der Waals surface area contributed by atoms with Crippen molar-refractivity contribution in [3.05, 3.63) is 64.2 Å². The van der Waals surface area contributed by atoms with Crippen molar-refractivity contribution < 1.29 is 14.3 Å². The van der Waals surface area contributed by atoms with Crippen molar-refractivity contribution in [2.45, 2.75) is 60.5 Å². The molecular weight excluding hydrogens is 376 g/mol. The number of nitrogens with one attached hydrogen (secondary N) is 1. The van der Waals surface area contributed by atoms with Crippen molar-refractivity contribution in [2.75, 3.05) is 13.2 Å². The number of carbonyl (C=O) groups is 2. The number of ether oxygens (including phenoxy) is 1. The van der Waals surface area contributed by atoms with Gasteiger partial charge in [-0.1, -0.05) is 42.8 Å². The minimum absolute atomic E-state index is 0.106. The number of aryl methyl sites for hydroxylation is 3. The van der Waals surface area contributed by atoms with Crippen LogP contribution in [0, 0.1) is 27.7 Å². The Kier molecular flexibility index (Phi) is 8.46. The van der Waals surface area contributed by atoms with Crippen LogP contribution in [0.2, 0.25) is 0 Å². The Morgan fingerprint density at radius 3 is 2.40 bits per heavy atom. The second-order valence-electron chi connectivity index (χ2n) is 7.82. The molecule has 0 spiro atoms. The van der Waals surface area contributed by atoms with E-state index in [4.69, 9.17) is 4.74 Å². The van der Waals surface area contributed by atoms with Crippen LogP contribution in [0.15, 0.2) is 36.4 Å². The maximum atomic E-state index is 13.2. The van der Waals surface area contributed by atoms with Crippen LogP contribution < -0.4 is 10.1 Å². The zero-order chi connectivity index (χ0) is 22.3. The summed E-state index contributed by atoms with van der Waals surface area (Å²) in [5.74, 6) is 0.374. The highest BCUT2D eigenvalue weighted by molar-refractivity contribution is 5.88. The van der Waals surface area contributed by atoms with Gasteiger partial charge in [0.15, 0.2) is 6.61 Å². The zero-order valence-corrected chi connectivity index (χ0v) is 19.0. The lowest BCUT2D eigenvalue weighted by atomic mass is 10.1. The average molecular weight is 411 g/mol. The van der Waals surface area contributed by atoms with Crippen LogP contribution in [0.5, 0.6) is 5.75 Å². The van der Waals surface area contributed by atoms with E-state index in [0.717, 1.165) is 27.8 Å². The predicted octanol–water partition coefficient (Wildman–Crippen LogP) is 4.24. The van der Waals surface area contributed by atoms with Crippen LogP contribution in [0.25, 0.3) is 0 Å². The van der Waals surface area contributed by atoms with E-state index >= 15 is 0 Å². The van der Waals surface area contributed by atoms with E-state index < -0.39 is 6.04 Å². The minimum atomic E-state index is -0.540. The molecule has 2 rings (SSSR count). The molecule has 1 N–H and O–H groups in total. The van der Waals surface area contributed by atoms with E-state index in [1.54, 1.807) is 4.90 Å². The van der Waals surface area contributed by atoms with E-state index in [1.807, 2.05) is 71.9 Å². The fourth-order valence-corrected chi connectivity index (χ4v) is 3.59. The SMILES string of the molecule is CCNC(=O)[C@@H](CC)N(Cc1cccc(C)c1)C(=O)COc1cc(C)cc(C)c1C. The number of benzene rings is 2. The Bertz CT molecular complexity index is 892. The van der Waals surface area contributed by atoms with Gasteiger partial charge in [-0.25, -0.2) is 0 Å². The zero-order valence-electron chi connectivity index (χ0n) is 19.0. The summed E-state index contributed by atoms with van der Waals surface area (Å²) in [5, 5.41) is 2.85. The normalized spacial score (nSPS) is 11.7. The van der Waals surface area contributed by atoms with Gasteiger partial charge in [-0.2, -0.15) is 0 Å². The molecule has 0 aromatic heterocycles. The van der Waals surface area contributed by atoms with E-state index in [0.29, 0.717) is 25.3 Å². The first-order valence-corrected chi connectivity index (χ1v) is 10.6. The van der Waals surface area contributed by atoms with Crippen LogP contribution in [0.3, 0.4) is 0 Å². The first-order valence-electron chi connectivity index (χ1n) is 10.6. The quantitative estimate of drug-likeness (QED) is 0.673. The highest BCUT2D eigenvalue weighted by Gasteiger charge is 2.28. The maximum absolute atomic E-state index is 13.2. The molecule has 0 heterocycles. The molecule has 0 saturated carbocycles. The lowest BCUT2D eigenvalue weighted by molar-refractivity contribution is -0.142. The van der Waals surface area contributed by atoms with Crippen molar-refractivity contribution in [1.29, 1.82) is 0 Å². The third-order valence-electron chi connectivity index (χ3n) is 5.29. The number of hydrogen-bond donors (Lipinski definition) is 1. The summed E-state index contributed by atoms with van der Waals surface area (Å²) >= 11 is 0. The summed E-state index contributed by atoms with van der Waals surface area (Å²) in [6, 6.07) is 11.5. The molecule has 162 valence electrons. The van der Waals surface area contributed by atoms with Gasteiger partial charge in [0.1, 0.15) is 11.8 Å². The fourth-order valence-electron chi connectivity index (χ4n) is 3.59. The molecule has 1 atom stereocenters. The fraction of sp³-hybridized carbons (Fsp3) is 0.440. The Hall–Kier alpha value is -2.82. The van der Waals surface area contributed by atoms with Gasteiger partial charge in [-0.15, -0.1) is 0 Å².